The number of hydrogen-bond donors (Lipinski definition) is 1. The lowest BCUT2D eigenvalue weighted by molar-refractivity contribution is -0.149. The number of nitrogens with zero attached hydrogens (tertiary/aromatic N) is 3. The van der Waals surface area contributed by atoms with Crippen molar-refractivity contribution in [2.75, 3.05) is 59.5 Å². The molecule has 0 aromatic heterocycles. The van der Waals surface area contributed by atoms with Crippen LogP contribution in [0, 0.1) is 11.8 Å². The van der Waals surface area contributed by atoms with E-state index in [0.29, 0.717) is 12.5 Å². The molecule has 27 heavy (non-hydrogen) atoms. The molecule has 0 saturated carbocycles. The Morgan fingerprint density at radius 1 is 1.30 bits per heavy atom. The average Bonchev–Trinajstić information content (AvgIpc) is 2.63. The molecule has 7 nitrogen and oxygen atoms in total. The van der Waals surface area contributed by atoms with E-state index in [9.17, 15) is 4.79 Å². The highest BCUT2D eigenvalue weighted by molar-refractivity contribution is 14.0. The Balaban J connectivity index is 0.00000364. The third-order valence-electron chi connectivity index (χ3n) is 4.96. The number of aliphatic imine (C=N–C) groups is 1. The number of esters is 1. The molecule has 158 valence electrons. The van der Waals surface area contributed by atoms with Gasteiger partial charge in [0.25, 0.3) is 0 Å². The van der Waals surface area contributed by atoms with Crippen LogP contribution in [-0.2, 0) is 14.3 Å². The van der Waals surface area contributed by atoms with Crippen molar-refractivity contribution in [3.05, 3.63) is 0 Å². The summed E-state index contributed by atoms with van der Waals surface area (Å²) in [5.74, 6) is 1.54. The van der Waals surface area contributed by atoms with Crippen molar-refractivity contribution in [3.63, 3.8) is 0 Å². The van der Waals surface area contributed by atoms with Crippen LogP contribution in [0.5, 0.6) is 0 Å². The van der Waals surface area contributed by atoms with Crippen LogP contribution < -0.4 is 5.32 Å². The van der Waals surface area contributed by atoms with Gasteiger partial charge in [0, 0.05) is 46.3 Å². The number of halogens is 1. The van der Waals surface area contributed by atoms with Crippen molar-refractivity contribution >= 4 is 35.9 Å². The standard InChI is InChI=1S/C19H36N4O3.HI/c1-5-25-18(24)16-6-8-23(9-7-16)19(20-4)21-12-17-14-22(10-11-26-17)13-15(2)3;/h15-17H,5-14H2,1-4H3,(H,20,21);1H. The van der Waals surface area contributed by atoms with E-state index in [0.717, 1.165) is 64.7 Å². The van der Waals surface area contributed by atoms with Crippen LogP contribution in [0.1, 0.15) is 33.6 Å². The van der Waals surface area contributed by atoms with Crippen molar-refractivity contribution in [1.29, 1.82) is 0 Å². The van der Waals surface area contributed by atoms with Crippen molar-refractivity contribution in [2.24, 2.45) is 16.8 Å². The van der Waals surface area contributed by atoms with E-state index in [-0.39, 0.29) is 42.0 Å². The molecule has 1 unspecified atom stereocenters. The summed E-state index contributed by atoms with van der Waals surface area (Å²) < 4.78 is 11.1. The second kappa shape index (κ2) is 12.8. The van der Waals surface area contributed by atoms with E-state index in [1.165, 1.54) is 0 Å². The number of rotatable bonds is 6. The lowest BCUT2D eigenvalue weighted by atomic mass is 9.97. The number of ether oxygens (including phenoxy) is 2. The third kappa shape index (κ3) is 8.11. The maximum atomic E-state index is 11.9. The molecule has 2 heterocycles. The second-order valence-corrected chi connectivity index (χ2v) is 7.59. The molecule has 2 aliphatic rings. The molecule has 2 saturated heterocycles. The van der Waals surface area contributed by atoms with Gasteiger partial charge in [-0.05, 0) is 25.7 Å². The Morgan fingerprint density at radius 2 is 2.00 bits per heavy atom. The van der Waals surface area contributed by atoms with Crippen molar-refractivity contribution in [1.82, 2.24) is 15.1 Å². The Labute approximate surface area is 181 Å². The largest absolute Gasteiger partial charge is 0.466 e. The highest BCUT2D eigenvalue weighted by atomic mass is 127. The fraction of sp³-hybridized carbons (Fsp3) is 0.895. The number of guanidine groups is 1. The van der Waals surface area contributed by atoms with Crippen LogP contribution in [0.4, 0.5) is 0 Å². The molecule has 1 N–H and O–H groups in total. The zero-order chi connectivity index (χ0) is 18.9. The monoisotopic (exact) mass is 496 g/mol. The molecule has 2 rings (SSSR count). The normalized spacial score (nSPS) is 22.5. The van der Waals surface area contributed by atoms with Crippen LogP contribution in [-0.4, -0.2) is 87.4 Å². The maximum Gasteiger partial charge on any atom is 0.309 e. The highest BCUT2D eigenvalue weighted by Crippen LogP contribution is 2.18. The third-order valence-corrected chi connectivity index (χ3v) is 4.96. The van der Waals surface area contributed by atoms with Gasteiger partial charge in [-0.1, -0.05) is 13.8 Å². The quantitative estimate of drug-likeness (QED) is 0.262. The summed E-state index contributed by atoms with van der Waals surface area (Å²) in [6.07, 6.45) is 1.83. The number of hydrogen-bond acceptors (Lipinski definition) is 5. The van der Waals surface area contributed by atoms with Crippen LogP contribution in [0.15, 0.2) is 4.99 Å². The lowest BCUT2D eigenvalue weighted by Gasteiger charge is -2.36. The summed E-state index contributed by atoms with van der Waals surface area (Å²) in [5.41, 5.74) is 0. The molecular formula is C19H37IN4O3. The molecule has 0 bridgehead atoms. The molecule has 1 atom stereocenters. The van der Waals surface area contributed by atoms with Gasteiger partial charge < -0.3 is 19.7 Å². The van der Waals surface area contributed by atoms with Gasteiger partial charge in [0.05, 0.1) is 25.2 Å². The molecular weight excluding hydrogens is 459 g/mol. The number of nitrogens with one attached hydrogen (secondary N) is 1. The maximum absolute atomic E-state index is 11.9. The van der Waals surface area contributed by atoms with Crippen LogP contribution in [0.25, 0.3) is 0 Å². The van der Waals surface area contributed by atoms with Gasteiger partial charge in [-0.25, -0.2) is 0 Å². The molecule has 0 radical (unpaired) electrons. The number of carbonyl (C=O) groups is 1. The van der Waals surface area contributed by atoms with Crippen LogP contribution in [0.3, 0.4) is 0 Å². The summed E-state index contributed by atoms with van der Waals surface area (Å²) >= 11 is 0. The Kier molecular flexibility index (Phi) is 11.6. The molecule has 2 fully saturated rings. The topological polar surface area (TPSA) is 66.4 Å². The molecule has 0 aromatic rings. The molecule has 0 spiro atoms. The molecule has 0 amide bonds. The van der Waals surface area contributed by atoms with E-state index >= 15 is 0 Å². The Bertz CT molecular complexity index is 468. The minimum atomic E-state index is -0.0593. The molecule has 2 aliphatic heterocycles. The highest BCUT2D eigenvalue weighted by Gasteiger charge is 2.28. The zero-order valence-electron chi connectivity index (χ0n) is 17.3. The number of piperidine rings is 1. The summed E-state index contributed by atoms with van der Waals surface area (Å²) in [7, 11) is 1.81. The van der Waals surface area contributed by atoms with E-state index in [1.807, 2.05) is 14.0 Å². The van der Waals surface area contributed by atoms with Crippen molar-refractivity contribution in [2.45, 2.75) is 39.7 Å². The van der Waals surface area contributed by atoms with Crippen LogP contribution >= 0.6 is 24.0 Å². The van der Waals surface area contributed by atoms with Gasteiger partial charge in [-0.15, -0.1) is 24.0 Å². The first-order valence-electron chi connectivity index (χ1n) is 9.99. The van der Waals surface area contributed by atoms with Gasteiger partial charge in [0.15, 0.2) is 5.96 Å². The zero-order valence-corrected chi connectivity index (χ0v) is 19.6. The first-order chi connectivity index (χ1) is 12.5. The average molecular weight is 496 g/mol. The molecule has 0 aromatic carbocycles. The Hall–Kier alpha value is -0.610. The summed E-state index contributed by atoms with van der Waals surface area (Å²) in [4.78, 5) is 21.0. The van der Waals surface area contributed by atoms with E-state index in [2.05, 4.69) is 34.0 Å². The summed E-state index contributed by atoms with van der Waals surface area (Å²) in [6, 6.07) is 0. The predicted molar refractivity (Wildman–Crippen MR) is 119 cm³/mol. The van der Waals surface area contributed by atoms with Gasteiger partial charge in [0.1, 0.15) is 0 Å². The molecule has 0 aliphatic carbocycles. The van der Waals surface area contributed by atoms with E-state index in [4.69, 9.17) is 9.47 Å². The smallest absolute Gasteiger partial charge is 0.309 e. The fourth-order valence-electron chi connectivity index (χ4n) is 3.71. The second-order valence-electron chi connectivity index (χ2n) is 7.59. The minimum Gasteiger partial charge on any atom is -0.466 e. The van der Waals surface area contributed by atoms with E-state index < -0.39 is 0 Å². The Morgan fingerprint density at radius 3 is 2.59 bits per heavy atom. The number of likely N-dealkylation sites (tertiary alicyclic amines) is 1. The van der Waals surface area contributed by atoms with Crippen molar-refractivity contribution < 1.29 is 14.3 Å². The van der Waals surface area contributed by atoms with Gasteiger partial charge >= 0.3 is 5.97 Å². The van der Waals surface area contributed by atoms with Crippen LogP contribution in [0.2, 0.25) is 0 Å². The SMILES string of the molecule is CCOC(=O)C1CCN(C(=NC)NCC2CN(CC(C)C)CCO2)CC1.I. The molecule has 8 heteroatoms. The lowest BCUT2D eigenvalue weighted by Crippen LogP contribution is -2.52. The van der Waals surface area contributed by atoms with Gasteiger partial charge in [-0.3, -0.25) is 14.7 Å². The fourth-order valence-corrected chi connectivity index (χ4v) is 3.71. The number of carbonyl (C=O) groups excluding carboxylic acids is 1. The van der Waals surface area contributed by atoms with Gasteiger partial charge in [0.2, 0.25) is 0 Å². The summed E-state index contributed by atoms with van der Waals surface area (Å²) in [5, 5.41) is 3.46. The first-order valence-corrected chi connectivity index (χ1v) is 9.99. The first kappa shape index (κ1) is 24.4. The predicted octanol–water partition coefficient (Wildman–Crippen LogP) is 1.81. The van der Waals surface area contributed by atoms with E-state index in [1.54, 1.807) is 0 Å². The van der Waals surface area contributed by atoms with Gasteiger partial charge in [-0.2, -0.15) is 0 Å². The van der Waals surface area contributed by atoms with Crippen molar-refractivity contribution in [3.8, 4) is 0 Å². The summed E-state index contributed by atoms with van der Waals surface area (Å²) in [6.45, 7) is 13.1. The minimum absolute atomic E-state index is 0. The number of morpholine rings is 1.